The molecule has 0 unspecified atom stereocenters. The minimum absolute atomic E-state index is 0.0438. The molecular weight excluding hydrogens is 392 g/mol. The Morgan fingerprint density at radius 2 is 2.00 bits per heavy atom. The van der Waals surface area contributed by atoms with Crippen LogP contribution >= 0.6 is 0 Å². The summed E-state index contributed by atoms with van der Waals surface area (Å²) in [6.07, 6.45) is 7.49. The van der Waals surface area contributed by atoms with Crippen LogP contribution in [0, 0.1) is 17.2 Å². The van der Waals surface area contributed by atoms with Gasteiger partial charge in [-0.2, -0.15) is 0 Å². The number of phenolic OH excluding ortho intramolecular Hbond substituents is 1. The van der Waals surface area contributed by atoms with Gasteiger partial charge < -0.3 is 26.0 Å². The number of likely N-dealkylation sites (tertiary alicyclic amines) is 1. The molecular formula is C24H34N4O3. The lowest BCUT2D eigenvalue weighted by atomic mass is 9.71. The van der Waals surface area contributed by atoms with Crippen molar-refractivity contribution >= 4 is 17.5 Å². The second kappa shape index (κ2) is 9.39. The van der Waals surface area contributed by atoms with Crippen LogP contribution in [0.15, 0.2) is 18.2 Å². The van der Waals surface area contributed by atoms with E-state index in [-0.39, 0.29) is 30.2 Å². The van der Waals surface area contributed by atoms with Crippen molar-refractivity contribution in [3.05, 3.63) is 29.3 Å². The molecule has 2 amide bonds. The molecule has 31 heavy (non-hydrogen) atoms. The van der Waals surface area contributed by atoms with E-state index < -0.39 is 6.04 Å². The predicted octanol–water partition coefficient (Wildman–Crippen LogP) is 2.56. The van der Waals surface area contributed by atoms with E-state index in [1.54, 1.807) is 30.0 Å². The Bertz CT molecular complexity index is 853. The molecule has 2 heterocycles. The van der Waals surface area contributed by atoms with Gasteiger partial charge in [0.15, 0.2) is 0 Å². The molecule has 1 aromatic rings. The number of phenols is 1. The van der Waals surface area contributed by atoms with Crippen molar-refractivity contribution in [3.63, 3.8) is 0 Å². The van der Waals surface area contributed by atoms with Crippen LogP contribution < -0.4 is 10.6 Å². The highest BCUT2D eigenvalue weighted by Crippen LogP contribution is 2.38. The van der Waals surface area contributed by atoms with Gasteiger partial charge in [-0.25, -0.2) is 0 Å². The number of aromatic hydroxyl groups is 1. The number of nitrogens with zero attached hydrogens (tertiary/aromatic N) is 1. The van der Waals surface area contributed by atoms with Gasteiger partial charge in [0, 0.05) is 24.4 Å². The minimum Gasteiger partial charge on any atom is -0.507 e. The summed E-state index contributed by atoms with van der Waals surface area (Å²) in [5.41, 5.74) is 1.55. The summed E-state index contributed by atoms with van der Waals surface area (Å²) < 4.78 is 0. The van der Waals surface area contributed by atoms with E-state index >= 15 is 0 Å². The van der Waals surface area contributed by atoms with Gasteiger partial charge >= 0.3 is 0 Å². The first-order valence-electron chi connectivity index (χ1n) is 11.6. The molecule has 3 fully saturated rings. The zero-order valence-electron chi connectivity index (χ0n) is 18.3. The van der Waals surface area contributed by atoms with Gasteiger partial charge in [-0.3, -0.25) is 9.59 Å². The highest BCUT2D eigenvalue weighted by Gasteiger charge is 2.43. The average molecular weight is 427 g/mol. The van der Waals surface area contributed by atoms with Crippen molar-refractivity contribution in [1.29, 1.82) is 5.41 Å². The van der Waals surface area contributed by atoms with Gasteiger partial charge in [-0.15, -0.1) is 0 Å². The van der Waals surface area contributed by atoms with Gasteiger partial charge in [0.25, 0.3) is 0 Å². The van der Waals surface area contributed by atoms with Gasteiger partial charge in [-0.1, -0.05) is 25.3 Å². The summed E-state index contributed by atoms with van der Waals surface area (Å²) in [7, 11) is 0. The molecule has 1 aromatic carbocycles. The van der Waals surface area contributed by atoms with E-state index in [1.807, 2.05) is 0 Å². The molecule has 4 atom stereocenters. The third kappa shape index (κ3) is 4.61. The van der Waals surface area contributed by atoms with Gasteiger partial charge in [0.2, 0.25) is 11.8 Å². The number of hydrogen-bond acceptors (Lipinski definition) is 5. The van der Waals surface area contributed by atoms with Crippen molar-refractivity contribution in [2.75, 3.05) is 13.1 Å². The molecule has 7 heteroatoms. The monoisotopic (exact) mass is 426 g/mol. The highest BCUT2D eigenvalue weighted by molar-refractivity contribution is 5.98. The van der Waals surface area contributed by atoms with E-state index in [9.17, 15) is 14.7 Å². The Morgan fingerprint density at radius 3 is 2.77 bits per heavy atom. The van der Waals surface area contributed by atoms with Crippen molar-refractivity contribution in [3.8, 4) is 5.75 Å². The number of carbonyl (C=O) groups excluding carboxylic acids is 2. The second-order valence-corrected chi connectivity index (χ2v) is 9.31. The molecule has 0 spiro atoms. The molecule has 0 bridgehead atoms. The molecule has 2 aliphatic heterocycles. The number of carbonyl (C=O) groups is 2. The lowest BCUT2D eigenvalue weighted by molar-refractivity contribution is -0.142. The van der Waals surface area contributed by atoms with Crippen molar-refractivity contribution in [2.24, 2.45) is 11.8 Å². The Hall–Kier alpha value is -2.41. The van der Waals surface area contributed by atoms with E-state index in [0.717, 1.165) is 31.4 Å². The molecule has 0 radical (unpaired) electrons. The normalized spacial score (nSPS) is 28.1. The summed E-state index contributed by atoms with van der Waals surface area (Å²) in [6, 6.07) is 4.51. The Balaban J connectivity index is 1.38. The summed E-state index contributed by atoms with van der Waals surface area (Å²) in [4.78, 5) is 28.2. The topological polar surface area (TPSA) is 106 Å². The second-order valence-electron chi connectivity index (χ2n) is 9.31. The van der Waals surface area contributed by atoms with E-state index in [4.69, 9.17) is 5.41 Å². The number of amides is 2. The van der Waals surface area contributed by atoms with E-state index in [2.05, 4.69) is 10.6 Å². The number of benzene rings is 1. The molecule has 1 saturated carbocycles. The summed E-state index contributed by atoms with van der Waals surface area (Å²) in [5, 5.41) is 24.1. The Kier molecular flexibility index (Phi) is 6.60. The molecule has 2 saturated heterocycles. The summed E-state index contributed by atoms with van der Waals surface area (Å²) in [5.74, 6) is 1.05. The first-order valence-corrected chi connectivity index (χ1v) is 11.6. The third-order valence-corrected chi connectivity index (χ3v) is 7.31. The van der Waals surface area contributed by atoms with Crippen LogP contribution in [0.5, 0.6) is 5.75 Å². The standard InChI is InChI=1S/C24H34N4O3/c1-15(25)18-9-8-16(13-21(18)29)14-27-23(30)20-7-4-12-28(20)24(31)22-19-6-3-2-5-17(19)10-11-26-22/h8-9,13,17,19-20,22,25-26,29H,2-7,10-12,14H2,1H3,(H,27,30)/t17-,19-,20-,22+/m0/s1. The first kappa shape index (κ1) is 21.8. The molecule has 168 valence electrons. The number of piperidine rings is 1. The van der Waals surface area contributed by atoms with Crippen molar-refractivity contribution < 1.29 is 14.7 Å². The van der Waals surface area contributed by atoms with Gasteiger partial charge in [0.05, 0.1) is 6.04 Å². The van der Waals surface area contributed by atoms with Gasteiger partial charge in [-0.05, 0) is 68.7 Å². The highest BCUT2D eigenvalue weighted by atomic mass is 16.3. The zero-order valence-corrected chi connectivity index (χ0v) is 18.3. The van der Waals surface area contributed by atoms with Crippen LogP contribution in [0.1, 0.15) is 63.0 Å². The fourth-order valence-electron chi connectivity index (χ4n) is 5.67. The fraction of sp³-hybridized carbons (Fsp3) is 0.625. The largest absolute Gasteiger partial charge is 0.507 e. The molecule has 0 aromatic heterocycles. The maximum absolute atomic E-state index is 13.4. The molecule has 1 aliphatic carbocycles. The van der Waals surface area contributed by atoms with Crippen LogP contribution in [0.4, 0.5) is 0 Å². The van der Waals surface area contributed by atoms with Crippen LogP contribution in [0.3, 0.4) is 0 Å². The molecule has 4 rings (SSSR count). The third-order valence-electron chi connectivity index (χ3n) is 7.31. The lowest BCUT2D eigenvalue weighted by Gasteiger charge is -2.43. The Labute approximate surface area is 184 Å². The minimum atomic E-state index is -0.421. The predicted molar refractivity (Wildman–Crippen MR) is 119 cm³/mol. The van der Waals surface area contributed by atoms with Crippen LogP contribution in [-0.4, -0.2) is 52.7 Å². The van der Waals surface area contributed by atoms with Crippen LogP contribution in [0.25, 0.3) is 0 Å². The lowest BCUT2D eigenvalue weighted by Crippen LogP contribution is -2.58. The van der Waals surface area contributed by atoms with Crippen LogP contribution in [-0.2, 0) is 16.1 Å². The number of fused-ring (bicyclic) bond motifs is 1. The Morgan fingerprint density at radius 1 is 1.19 bits per heavy atom. The number of rotatable bonds is 5. The van der Waals surface area contributed by atoms with Crippen molar-refractivity contribution in [1.82, 2.24) is 15.5 Å². The average Bonchev–Trinajstić information content (AvgIpc) is 3.26. The maximum atomic E-state index is 13.4. The van der Waals surface area contributed by atoms with E-state index in [0.29, 0.717) is 36.1 Å². The smallest absolute Gasteiger partial charge is 0.243 e. The summed E-state index contributed by atoms with van der Waals surface area (Å²) >= 11 is 0. The number of hydrogen-bond donors (Lipinski definition) is 4. The fourth-order valence-corrected chi connectivity index (χ4v) is 5.67. The maximum Gasteiger partial charge on any atom is 0.243 e. The van der Waals surface area contributed by atoms with Crippen molar-refractivity contribution in [2.45, 2.75) is 70.5 Å². The molecule has 4 N–H and O–H groups in total. The van der Waals surface area contributed by atoms with Gasteiger partial charge in [0.1, 0.15) is 11.8 Å². The summed E-state index contributed by atoms with van der Waals surface area (Å²) in [6.45, 7) is 3.44. The molecule has 3 aliphatic rings. The SMILES string of the molecule is CC(=N)c1ccc(CNC(=O)[C@@H]2CCCN2C(=O)[C@@H]2NCC[C@@H]3CCCC[C@@H]32)cc1O. The number of nitrogens with one attached hydrogen (secondary N) is 3. The van der Waals surface area contributed by atoms with Crippen LogP contribution in [0.2, 0.25) is 0 Å². The van der Waals surface area contributed by atoms with E-state index in [1.165, 1.54) is 19.3 Å². The molecule has 7 nitrogen and oxygen atoms in total. The quantitative estimate of drug-likeness (QED) is 0.543. The first-order chi connectivity index (χ1) is 15.0. The zero-order chi connectivity index (χ0) is 22.0.